The number of hydrogen-bond acceptors (Lipinski definition) is 3. The van der Waals surface area contributed by atoms with Crippen molar-refractivity contribution in [1.82, 2.24) is 0 Å². The van der Waals surface area contributed by atoms with Crippen LogP contribution in [-0.4, -0.2) is 25.5 Å². The molecule has 0 saturated carbocycles. The molecule has 2 aromatic rings. The van der Waals surface area contributed by atoms with E-state index in [-0.39, 0.29) is 18.2 Å². The summed E-state index contributed by atoms with van der Waals surface area (Å²) in [7, 11) is 1.54. The minimum Gasteiger partial charge on any atom is -0.495 e. The molecule has 1 heterocycles. The first-order chi connectivity index (χ1) is 12.9. The van der Waals surface area contributed by atoms with Gasteiger partial charge in [0.05, 0.1) is 18.7 Å². The van der Waals surface area contributed by atoms with Gasteiger partial charge in [0.15, 0.2) is 0 Å². The first-order valence-corrected chi connectivity index (χ1v) is 9.83. The maximum Gasteiger partial charge on any atom is 0.229 e. The predicted molar refractivity (Wildman–Crippen MR) is 111 cm³/mol. The van der Waals surface area contributed by atoms with Gasteiger partial charge in [-0.3, -0.25) is 9.59 Å². The Morgan fingerprint density at radius 2 is 2.11 bits per heavy atom. The molecule has 0 bridgehead atoms. The van der Waals surface area contributed by atoms with Crippen LogP contribution in [0.4, 0.5) is 11.4 Å². The normalized spacial score (nSPS) is 16.5. The van der Waals surface area contributed by atoms with Gasteiger partial charge in [0, 0.05) is 28.1 Å². The summed E-state index contributed by atoms with van der Waals surface area (Å²) in [5, 5.41) is 3.48. The van der Waals surface area contributed by atoms with Crippen LogP contribution in [0.2, 0.25) is 5.02 Å². The standard InChI is InChI=1S/C20H20BrClN2O3/c1-3-12-8-14(21)4-6-16(12)23-20(26)13-9-19(25)24(11-13)17-10-15(22)5-7-18(17)27-2/h4-8,10,13H,3,9,11H2,1-2H3,(H,23,26)/t13-/m1/s1. The van der Waals surface area contributed by atoms with Crippen molar-refractivity contribution in [2.24, 2.45) is 5.92 Å². The van der Waals surface area contributed by atoms with Crippen molar-refractivity contribution in [3.8, 4) is 5.75 Å². The summed E-state index contributed by atoms with van der Waals surface area (Å²) in [5.41, 5.74) is 2.40. The first kappa shape index (κ1) is 19.7. The van der Waals surface area contributed by atoms with Gasteiger partial charge in [0.2, 0.25) is 11.8 Å². The van der Waals surface area contributed by atoms with Crippen molar-refractivity contribution in [2.45, 2.75) is 19.8 Å². The molecule has 1 N–H and O–H groups in total. The molecular formula is C20H20BrClN2O3. The van der Waals surface area contributed by atoms with Gasteiger partial charge >= 0.3 is 0 Å². The van der Waals surface area contributed by atoms with Crippen LogP contribution in [-0.2, 0) is 16.0 Å². The lowest BCUT2D eigenvalue weighted by molar-refractivity contribution is -0.122. The number of rotatable bonds is 5. The molecule has 0 unspecified atom stereocenters. The van der Waals surface area contributed by atoms with E-state index in [1.807, 2.05) is 25.1 Å². The molecule has 1 aliphatic heterocycles. The fourth-order valence-electron chi connectivity index (χ4n) is 3.20. The zero-order valence-electron chi connectivity index (χ0n) is 15.1. The van der Waals surface area contributed by atoms with E-state index in [2.05, 4.69) is 21.2 Å². The molecule has 0 aliphatic carbocycles. The van der Waals surface area contributed by atoms with Crippen molar-refractivity contribution in [2.75, 3.05) is 23.9 Å². The number of nitrogens with one attached hydrogen (secondary N) is 1. The lowest BCUT2D eigenvalue weighted by Gasteiger charge is -2.20. The highest BCUT2D eigenvalue weighted by atomic mass is 79.9. The number of benzene rings is 2. The number of anilines is 2. The molecule has 7 heteroatoms. The first-order valence-electron chi connectivity index (χ1n) is 8.66. The molecule has 1 aliphatic rings. The van der Waals surface area contributed by atoms with Crippen LogP contribution in [0.3, 0.4) is 0 Å². The Kier molecular flexibility index (Phi) is 6.07. The second-order valence-electron chi connectivity index (χ2n) is 6.37. The largest absolute Gasteiger partial charge is 0.495 e. The van der Waals surface area contributed by atoms with Crippen LogP contribution in [0.1, 0.15) is 18.9 Å². The van der Waals surface area contributed by atoms with E-state index < -0.39 is 5.92 Å². The van der Waals surface area contributed by atoms with Gasteiger partial charge in [-0.15, -0.1) is 0 Å². The number of nitrogens with zero attached hydrogens (tertiary/aromatic N) is 1. The summed E-state index contributed by atoms with van der Waals surface area (Å²) in [5.74, 6) is -0.171. The van der Waals surface area contributed by atoms with Gasteiger partial charge in [-0.1, -0.05) is 34.5 Å². The topological polar surface area (TPSA) is 58.6 Å². The highest BCUT2D eigenvalue weighted by Crippen LogP contribution is 2.35. The molecule has 1 atom stereocenters. The van der Waals surface area contributed by atoms with E-state index in [4.69, 9.17) is 16.3 Å². The van der Waals surface area contributed by atoms with Crippen molar-refractivity contribution in [3.05, 3.63) is 51.5 Å². The molecule has 0 radical (unpaired) electrons. The molecule has 1 saturated heterocycles. The molecule has 2 amide bonds. The van der Waals surface area contributed by atoms with Gasteiger partial charge in [-0.05, 0) is 48.4 Å². The van der Waals surface area contributed by atoms with E-state index in [1.54, 1.807) is 23.1 Å². The van der Waals surface area contributed by atoms with E-state index in [9.17, 15) is 9.59 Å². The Hall–Kier alpha value is -2.05. The highest BCUT2D eigenvalue weighted by Gasteiger charge is 2.36. The third kappa shape index (κ3) is 4.28. The van der Waals surface area contributed by atoms with Crippen LogP contribution in [0.25, 0.3) is 0 Å². The van der Waals surface area contributed by atoms with Gasteiger partial charge in [-0.2, -0.15) is 0 Å². The van der Waals surface area contributed by atoms with Crippen LogP contribution in [0, 0.1) is 5.92 Å². The van der Waals surface area contributed by atoms with E-state index in [1.165, 1.54) is 7.11 Å². The summed E-state index contributed by atoms with van der Waals surface area (Å²) in [4.78, 5) is 26.8. The maximum absolute atomic E-state index is 12.8. The van der Waals surface area contributed by atoms with Crippen molar-refractivity contribution in [1.29, 1.82) is 0 Å². The number of amides is 2. The lowest BCUT2D eigenvalue weighted by atomic mass is 10.1. The minimum absolute atomic E-state index is 0.123. The maximum atomic E-state index is 12.8. The fraction of sp³-hybridized carbons (Fsp3) is 0.300. The molecule has 2 aromatic carbocycles. The van der Waals surface area contributed by atoms with Gasteiger partial charge in [0.25, 0.3) is 0 Å². The predicted octanol–water partition coefficient (Wildman–Crippen LogP) is 4.67. The average Bonchev–Trinajstić information content (AvgIpc) is 3.04. The number of ether oxygens (including phenoxy) is 1. The summed E-state index contributed by atoms with van der Waals surface area (Å²) in [6.07, 6.45) is 0.948. The average molecular weight is 452 g/mol. The summed E-state index contributed by atoms with van der Waals surface area (Å²) < 4.78 is 6.30. The number of hydrogen-bond donors (Lipinski definition) is 1. The minimum atomic E-state index is -0.436. The molecule has 27 heavy (non-hydrogen) atoms. The third-order valence-electron chi connectivity index (χ3n) is 4.63. The zero-order chi connectivity index (χ0) is 19.6. The van der Waals surface area contributed by atoms with Gasteiger partial charge in [-0.25, -0.2) is 0 Å². The Morgan fingerprint density at radius 3 is 2.81 bits per heavy atom. The van der Waals surface area contributed by atoms with Crippen LogP contribution in [0.5, 0.6) is 5.75 Å². The monoisotopic (exact) mass is 450 g/mol. The highest BCUT2D eigenvalue weighted by molar-refractivity contribution is 9.10. The second kappa shape index (κ2) is 8.31. The van der Waals surface area contributed by atoms with Gasteiger partial charge < -0.3 is 15.0 Å². The molecule has 3 rings (SSSR count). The lowest BCUT2D eigenvalue weighted by Crippen LogP contribution is -2.28. The summed E-state index contributed by atoms with van der Waals surface area (Å²) in [6.45, 7) is 2.32. The van der Waals surface area contributed by atoms with Gasteiger partial charge in [0.1, 0.15) is 5.75 Å². The Morgan fingerprint density at radius 1 is 1.33 bits per heavy atom. The Balaban J connectivity index is 1.78. The van der Waals surface area contributed by atoms with Crippen molar-refractivity contribution in [3.63, 3.8) is 0 Å². The SMILES string of the molecule is CCc1cc(Br)ccc1NC(=O)[C@@H]1CC(=O)N(c2cc(Cl)ccc2OC)C1. The Bertz CT molecular complexity index is 888. The fourth-order valence-corrected chi connectivity index (χ4v) is 3.78. The smallest absolute Gasteiger partial charge is 0.229 e. The molecule has 0 aromatic heterocycles. The van der Waals surface area contributed by atoms with E-state index in [0.717, 1.165) is 22.1 Å². The molecular weight excluding hydrogens is 432 g/mol. The number of carbonyl (C=O) groups excluding carboxylic acids is 2. The number of aryl methyl sites for hydroxylation is 1. The Labute approximate surface area is 171 Å². The zero-order valence-corrected chi connectivity index (χ0v) is 17.4. The number of halogens is 2. The molecule has 5 nitrogen and oxygen atoms in total. The van der Waals surface area contributed by atoms with Crippen molar-refractivity contribution < 1.29 is 14.3 Å². The summed E-state index contributed by atoms with van der Waals surface area (Å²) in [6, 6.07) is 10.8. The number of carbonyl (C=O) groups is 2. The molecule has 0 spiro atoms. The van der Waals surface area contributed by atoms with Crippen molar-refractivity contribution >= 4 is 50.7 Å². The summed E-state index contributed by atoms with van der Waals surface area (Å²) >= 11 is 9.52. The van der Waals surface area contributed by atoms with Crippen LogP contribution >= 0.6 is 27.5 Å². The third-order valence-corrected chi connectivity index (χ3v) is 5.36. The number of methoxy groups -OCH3 is 1. The second-order valence-corrected chi connectivity index (χ2v) is 7.72. The molecule has 1 fully saturated rings. The van der Waals surface area contributed by atoms with E-state index in [0.29, 0.717) is 23.0 Å². The van der Waals surface area contributed by atoms with E-state index >= 15 is 0 Å². The molecule has 142 valence electrons. The quantitative estimate of drug-likeness (QED) is 0.719. The van der Waals surface area contributed by atoms with Crippen LogP contribution in [0.15, 0.2) is 40.9 Å². The van der Waals surface area contributed by atoms with Crippen LogP contribution < -0.4 is 15.0 Å².